The topological polar surface area (TPSA) is 72.8 Å². The number of benzene rings is 1. The predicted octanol–water partition coefficient (Wildman–Crippen LogP) is 1.46. The fraction of sp³-hybridized carbons (Fsp3) is 0.364. The molecule has 96 valence electrons. The van der Waals surface area contributed by atoms with Crippen LogP contribution in [-0.4, -0.2) is 33.0 Å². The smallest absolute Gasteiger partial charge is 0.235 e. The Morgan fingerprint density at radius 3 is 2.67 bits per heavy atom. The fourth-order valence-corrected chi connectivity index (χ4v) is 4.17. The number of aliphatic imine (C=N–C) groups is 1. The summed E-state index contributed by atoms with van der Waals surface area (Å²) in [5, 5.41) is -0.465. The normalized spacial score (nSPS) is 15.8. The molecule has 0 spiro atoms. The van der Waals surface area contributed by atoms with Crippen molar-refractivity contribution < 1.29 is 17.9 Å². The number of halogens is 1. The fourth-order valence-electron chi connectivity index (χ4n) is 1.57. The molecule has 2 rings (SSSR count). The van der Waals surface area contributed by atoms with E-state index in [1.54, 1.807) is 12.1 Å². The van der Waals surface area contributed by atoms with Crippen molar-refractivity contribution in [3.8, 4) is 0 Å². The van der Waals surface area contributed by atoms with Crippen LogP contribution in [0.25, 0.3) is 0 Å². The molecule has 5 nitrogen and oxygen atoms in total. The molecular weight excluding hydrogens is 322 g/mol. The van der Waals surface area contributed by atoms with E-state index in [1.165, 1.54) is 12.1 Å². The van der Waals surface area contributed by atoms with E-state index in [9.17, 15) is 13.2 Å². The number of hydrogen-bond acceptors (Lipinski definition) is 5. The zero-order chi connectivity index (χ0) is 13.2. The van der Waals surface area contributed by atoms with Crippen LogP contribution in [0.15, 0.2) is 32.6 Å². The molecule has 0 N–H and O–H groups in total. The van der Waals surface area contributed by atoms with Gasteiger partial charge in [-0.2, -0.15) is 0 Å². The first-order valence-electron chi connectivity index (χ1n) is 5.19. The van der Waals surface area contributed by atoms with Crippen LogP contribution < -0.4 is 0 Å². The number of sulfone groups is 1. The first kappa shape index (κ1) is 13.4. The molecule has 0 amide bonds. The van der Waals surface area contributed by atoms with Gasteiger partial charge in [0, 0.05) is 4.47 Å². The molecule has 18 heavy (non-hydrogen) atoms. The highest BCUT2D eigenvalue weighted by Gasteiger charge is 2.35. The van der Waals surface area contributed by atoms with Gasteiger partial charge in [0.05, 0.1) is 24.7 Å². The zero-order valence-electron chi connectivity index (χ0n) is 9.30. The largest absolute Gasteiger partial charge is 0.379 e. The van der Waals surface area contributed by atoms with Crippen molar-refractivity contribution in [2.24, 2.45) is 4.99 Å². The second-order valence-corrected chi connectivity index (χ2v) is 6.93. The zero-order valence-corrected chi connectivity index (χ0v) is 11.7. The molecule has 0 bridgehead atoms. The molecule has 0 atom stereocenters. The molecule has 0 unspecified atom stereocenters. The summed E-state index contributed by atoms with van der Waals surface area (Å²) in [6.07, 6.45) is 1.44. The Balaban J connectivity index is 2.32. The number of ether oxygens (including phenoxy) is 1. The summed E-state index contributed by atoms with van der Waals surface area (Å²) >= 11 is 3.24. The third-order valence-electron chi connectivity index (χ3n) is 2.68. The van der Waals surface area contributed by atoms with Crippen LogP contribution in [0.5, 0.6) is 0 Å². The Labute approximate surface area is 113 Å². The summed E-state index contributed by atoms with van der Waals surface area (Å²) in [4.78, 5) is 13.7. The first-order valence-corrected chi connectivity index (χ1v) is 7.53. The minimum absolute atomic E-state index is 0.189. The number of hydrogen-bond donors (Lipinski definition) is 0. The van der Waals surface area contributed by atoms with Gasteiger partial charge >= 0.3 is 0 Å². The average molecular weight is 332 g/mol. The van der Waals surface area contributed by atoms with E-state index in [4.69, 9.17) is 4.74 Å². The third kappa shape index (κ3) is 2.54. The molecule has 1 fully saturated rings. The lowest BCUT2D eigenvalue weighted by molar-refractivity contribution is 0.0416. The van der Waals surface area contributed by atoms with Crippen LogP contribution in [0.3, 0.4) is 0 Å². The van der Waals surface area contributed by atoms with Gasteiger partial charge in [0.25, 0.3) is 0 Å². The highest BCUT2D eigenvalue weighted by atomic mass is 79.9. The minimum atomic E-state index is -3.35. The SMILES string of the molecule is O=C=NCc1ccc(S(=O)(=O)C2COC2)c(Br)c1. The molecule has 1 aliphatic heterocycles. The van der Waals surface area contributed by atoms with Crippen LogP contribution in [0.4, 0.5) is 0 Å². The summed E-state index contributed by atoms with van der Waals surface area (Å²) < 4.78 is 29.7. The lowest BCUT2D eigenvalue weighted by Crippen LogP contribution is -2.40. The maximum Gasteiger partial charge on any atom is 0.235 e. The van der Waals surface area contributed by atoms with Gasteiger partial charge in [-0.1, -0.05) is 6.07 Å². The summed E-state index contributed by atoms with van der Waals surface area (Å²) in [6.45, 7) is 0.673. The van der Waals surface area contributed by atoms with Crippen LogP contribution in [0, 0.1) is 0 Å². The molecular formula is C11H10BrNO4S. The number of nitrogens with zero attached hydrogens (tertiary/aromatic N) is 1. The predicted molar refractivity (Wildman–Crippen MR) is 67.8 cm³/mol. The summed E-state index contributed by atoms with van der Waals surface area (Å²) in [6, 6.07) is 4.80. The van der Waals surface area contributed by atoms with Crippen molar-refractivity contribution >= 4 is 31.8 Å². The van der Waals surface area contributed by atoms with Crippen LogP contribution >= 0.6 is 15.9 Å². The van der Waals surface area contributed by atoms with Gasteiger partial charge in [-0.25, -0.2) is 18.2 Å². The molecule has 1 heterocycles. The van der Waals surface area contributed by atoms with Crippen LogP contribution in [0.2, 0.25) is 0 Å². The first-order chi connectivity index (χ1) is 8.55. The highest BCUT2D eigenvalue weighted by Crippen LogP contribution is 2.29. The molecule has 0 aliphatic carbocycles. The van der Waals surface area contributed by atoms with E-state index < -0.39 is 15.1 Å². The Hall–Kier alpha value is -1.01. The van der Waals surface area contributed by atoms with Crippen molar-refractivity contribution in [3.63, 3.8) is 0 Å². The van der Waals surface area contributed by atoms with Crippen molar-refractivity contribution in [2.45, 2.75) is 16.7 Å². The summed E-state index contributed by atoms with van der Waals surface area (Å²) in [5.41, 5.74) is 0.744. The average Bonchev–Trinajstić information content (AvgIpc) is 2.22. The summed E-state index contributed by atoms with van der Waals surface area (Å²) in [7, 11) is -3.35. The molecule has 1 aliphatic rings. The molecule has 0 saturated carbocycles. The van der Waals surface area contributed by atoms with Gasteiger partial charge in [-0.3, -0.25) is 0 Å². The third-order valence-corrected chi connectivity index (χ3v) is 5.71. The van der Waals surface area contributed by atoms with Crippen molar-refractivity contribution in [1.82, 2.24) is 0 Å². The van der Waals surface area contributed by atoms with Crippen molar-refractivity contribution in [1.29, 1.82) is 0 Å². The van der Waals surface area contributed by atoms with Crippen LogP contribution in [-0.2, 0) is 25.9 Å². The highest BCUT2D eigenvalue weighted by molar-refractivity contribution is 9.10. The Bertz CT molecular complexity index is 603. The maximum absolute atomic E-state index is 12.2. The van der Waals surface area contributed by atoms with E-state index in [1.807, 2.05) is 0 Å². The van der Waals surface area contributed by atoms with Gasteiger partial charge in [-0.05, 0) is 33.6 Å². The van der Waals surface area contributed by atoms with Gasteiger partial charge in [0.15, 0.2) is 9.84 Å². The second-order valence-electron chi connectivity index (χ2n) is 3.88. The van der Waals surface area contributed by atoms with E-state index in [-0.39, 0.29) is 24.7 Å². The Kier molecular flexibility index (Phi) is 3.97. The van der Waals surface area contributed by atoms with E-state index in [0.717, 1.165) is 5.56 Å². The van der Waals surface area contributed by atoms with Crippen LogP contribution in [0.1, 0.15) is 5.56 Å². The van der Waals surface area contributed by atoms with Crippen molar-refractivity contribution in [3.05, 3.63) is 28.2 Å². The minimum Gasteiger partial charge on any atom is -0.379 e. The monoisotopic (exact) mass is 331 g/mol. The van der Waals surface area contributed by atoms with E-state index >= 15 is 0 Å². The second kappa shape index (κ2) is 5.32. The molecule has 0 aromatic heterocycles. The van der Waals surface area contributed by atoms with Gasteiger partial charge in [0.2, 0.25) is 6.08 Å². The quantitative estimate of drug-likeness (QED) is 0.618. The summed E-state index contributed by atoms with van der Waals surface area (Å²) in [5.74, 6) is 0. The lowest BCUT2D eigenvalue weighted by atomic mass is 10.2. The number of rotatable bonds is 4. The molecule has 1 aromatic rings. The maximum atomic E-state index is 12.2. The van der Waals surface area contributed by atoms with Crippen molar-refractivity contribution in [2.75, 3.05) is 13.2 Å². The van der Waals surface area contributed by atoms with Gasteiger partial charge in [0.1, 0.15) is 5.25 Å². The molecule has 7 heteroatoms. The lowest BCUT2D eigenvalue weighted by Gasteiger charge is -2.26. The number of carbonyl (C=O) groups excluding carboxylic acids is 1. The van der Waals surface area contributed by atoms with Gasteiger partial charge < -0.3 is 4.74 Å². The molecule has 1 saturated heterocycles. The standard InChI is InChI=1S/C11H10BrNO4S/c12-10-3-8(4-13-7-14)1-2-11(10)18(15,16)9-5-17-6-9/h1-3,9H,4-6H2. The molecule has 1 aromatic carbocycles. The van der Waals surface area contributed by atoms with E-state index in [2.05, 4.69) is 20.9 Å². The number of isocyanates is 1. The Morgan fingerprint density at radius 1 is 1.44 bits per heavy atom. The molecule has 0 radical (unpaired) electrons. The Morgan fingerprint density at radius 2 is 2.17 bits per heavy atom. The van der Waals surface area contributed by atoms with Gasteiger partial charge in [-0.15, -0.1) is 0 Å². The van der Waals surface area contributed by atoms with E-state index in [0.29, 0.717) is 4.47 Å².